The van der Waals surface area contributed by atoms with Crippen molar-refractivity contribution in [3.8, 4) is 0 Å². The van der Waals surface area contributed by atoms with Gasteiger partial charge >= 0.3 is 0 Å². The van der Waals surface area contributed by atoms with Crippen molar-refractivity contribution in [1.82, 2.24) is 0 Å². The largest absolute Gasteiger partial charge is 0.393 e. The van der Waals surface area contributed by atoms with Crippen LogP contribution in [-0.2, 0) is 0 Å². The molecule has 0 saturated heterocycles. The summed E-state index contributed by atoms with van der Waals surface area (Å²) in [6.45, 7) is 9.14. The summed E-state index contributed by atoms with van der Waals surface area (Å²) in [6.07, 6.45) is 7.33. The standard InChI is InChI=1S/C15H30O/c1-5-12(4)10-15(16)14-8-6-13(7-9-14)11(2)3/h11-16H,5-10H2,1-4H3. The summed E-state index contributed by atoms with van der Waals surface area (Å²) in [5.74, 6) is 3.00. The van der Waals surface area contributed by atoms with Crippen LogP contribution in [0.25, 0.3) is 0 Å². The van der Waals surface area contributed by atoms with Crippen LogP contribution in [0.15, 0.2) is 0 Å². The van der Waals surface area contributed by atoms with Crippen LogP contribution in [0.3, 0.4) is 0 Å². The van der Waals surface area contributed by atoms with Crippen LogP contribution in [0.5, 0.6) is 0 Å². The quantitative estimate of drug-likeness (QED) is 0.743. The van der Waals surface area contributed by atoms with E-state index in [2.05, 4.69) is 27.7 Å². The van der Waals surface area contributed by atoms with E-state index in [9.17, 15) is 5.11 Å². The zero-order valence-electron chi connectivity index (χ0n) is 11.6. The molecule has 0 aromatic carbocycles. The first-order valence-corrected chi connectivity index (χ1v) is 7.22. The molecule has 1 N–H and O–H groups in total. The second-order valence-electron chi connectivity index (χ2n) is 6.24. The van der Waals surface area contributed by atoms with Gasteiger partial charge in [-0.2, -0.15) is 0 Å². The summed E-state index contributed by atoms with van der Waals surface area (Å²) < 4.78 is 0. The average molecular weight is 226 g/mol. The predicted octanol–water partition coefficient (Wildman–Crippen LogP) is 4.25. The highest BCUT2D eigenvalue weighted by molar-refractivity contribution is 4.79. The molecule has 0 bridgehead atoms. The van der Waals surface area contributed by atoms with Gasteiger partial charge in [-0.1, -0.05) is 34.1 Å². The van der Waals surface area contributed by atoms with Crippen LogP contribution in [0, 0.1) is 23.7 Å². The summed E-state index contributed by atoms with van der Waals surface area (Å²) in [6, 6.07) is 0. The Morgan fingerprint density at radius 2 is 1.50 bits per heavy atom. The van der Waals surface area contributed by atoms with Crippen LogP contribution in [-0.4, -0.2) is 11.2 Å². The Morgan fingerprint density at radius 3 is 1.94 bits per heavy atom. The first kappa shape index (κ1) is 14.0. The van der Waals surface area contributed by atoms with Crippen molar-refractivity contribution in [2.45, 2.75) is 72.3 Å². The number of aliphatic hydroxyl groups is 1. The number of aliphatic hydroxyl groups excluding tert-OH is 1. The molecule has 2 unspecified atom stereocenters. The maximum absolute atomic E-state index is 10.2. The Kier molecular flexibility index (Phi) is 5.82. The Hall–Kier alpha value is -0.0400. The summed E-state index contributed by atoms with van der Waals surface area (Å²) in [5, 5.41) is 10.2. The molecule has 1 nitrogen and oxygen atoms in total. The minimum atomic E-state index is -0.0388. The fourth-order valence-corrected chi connectivity index (χ4v) is 2.97. The zero-order valence-corrected chi connectivity index (χ0v) is 11.6. The second kappa shape index (κ2) is 6.64. The molecule has 1 aliphatic rings. The second-order valence-corrected chi connectivity index (χ2v) is 6.24. The molecule has 1 heteroatoms. The zero-order chi connectivity index (χ0) is 12.1. The van der Waals surface area contributed by atoms with E-state index in [0.29, 0.717) is 11.8 Å². The molecule has 0 aromatic heterocycles. The van der Waals surface area contributed by atoms with Gasteiger partial charge in [-0.05, 0) is 55.8 Å². The Morgan fingerprint density at radius 1 is 1.00 bits per heavy atom. The Bertz CT molecular complexity index is 180. The van der Waals surface area contributed by atoms with E-state index in [0.717, 1.165) is 18.3 Å². The van der Waals surface area contributed by atoms with E-state index in [1.165, 1.54) is 32.1 Å². The van der Waals surface area contributed by atoms with Gasteiger partial charge in [0.1, 0.15) is 0 Å². The lowest BCUT2D eigenvalue weighted by Gasteiger charge is -2.34. The van der Waals surface area contributed by atoms with E-state index in [4.69, 9.17) is 0 Å². The molecule has 0 aliphatic heterocycles. The molecule has 0 aromatic rings. The number of hydrogen-bond acceptors (Lipinski definition) is 1. The highest BCUT2D eigenvalue weighted by atomic mass is 16.3. The summed E-state index contributed by atoms with van der Waals surface area (Å²) in [7, 11) is 0. The first-order chi connectivity index (χ1) is 7.54. The van der Waals surface area contributed by atoms with E-state index in [-0.39, 0.29) is 6.10 Å². The van der Waals surface area contributed by atoms with Crippen molar-refractivity contribution in [1.29, 1.82) is 0 Å². The predicted molar refractivity (Wildman–Crippen MR) is 70.4 cm³/mol. The summed E-state index contributed by atoms with van der Waals surface area (Å²) >= 11 is 0. The van der Waals surface area contributed by atoms with E-state index >= 15 is 0 Å². The topological polar surface area (TPSA) is 20.2 Å². The van der Waals surface area contributed by atoms with Gasteiger partial charge in [-0.25, -0.2) is 0 Å². The molecule has 1 rings (SSSR count). The fraction of sp³-hybridized carbons (Fsp3) is 1.00. The summed E-state index contributed by atoms with van der Waals surface area (Å²) in [5.41, 5.74) is 0. The van der Waals surface area contributed by atoms with Crippen molar-refractivity contribution in [2.24, 2.45) is 23.7 Å². The molecule has 1 saturated carbocycles. The molecule has 1 aliphatic carbocycles. The molecule has 0 heterocycles. The van der Waals surface area contributed by atoms with Gasteiger partial charge < -0.3 is 5.11 Å². The molecule has 16 heavy (non-hydrogen) atoms. The Labute approximate surface area is 102 Å². The molecular formula is C15H30O. The van der Waals surface area contributed by atoms with Gasteiger partial charge in [0.25, 0.3) is 0 Å². The molecular weight excluding hydrogens is 196 g/mol. The highest BCUT2D eigenvalue weighted by Crippen LogP contribution is 2.36. The van der Waals surface area contributed by atoms with Gasteiger partial charge in [0.15, 0.2) is 0 Å². The lowest BCUT2D eigenvalue weighted by Crippen LogP contribution is -2.28. The molecule has 0 amide bonds. The monoisotopic (exact) mass is 226 g/mol. The maximum atomic E-state index is 10.2. The molecule has 2 atom stereocenters. The molecule has 1 fully saturated rings. The van der Waals surface area contributed by atoms with E-state index < -0.39 is 0 Å². The van der Waals surface area contributed by atoms with Crippen molar-refractivity contribution >= 4 is 0 Å². The smallest absolute Gasteiger partial charge is 0.0570 e. The van der Waals surface area contributed by atoms with Crippen molar-refractivity contribution in [3.63, 3.8) is 0 Å². The van der Waals surface area contributed by atoms with Gasteiger partial charge in [0.2, 0.25) is 0 Å². The van der Waals surface area contributed by atoms with Crippen molar-refractivity contribution in [2.75, 3.05) is 0 Å². The molecule has 0 radical (unpaired) electrons. The maximum Gasteiger partial charge on any atom is 0.0570 e. The van der Waals surface area contributed by atoms with Crippen LogP contribution in [0.1, 0.15) is 66.2 Å². The third-order valence-corrected chi connectivity index (χ3v) is 4.64. The average Bonchev–Trinajstić information content (AvgIpc) is 2.28. The van der Waals surface area contributed by atoms with Crippen molar-refractivity contribution in [3.05, 3.63) is 0 Å². The number of hydrogen-bond donors (Lipinski definition) is 1. The van der Waals surface area contributed by atoms with Crippen LogP contribution in [0.4, 0.5) is 0 Å². The van der Waals surface area contributed by atoms with Gasteiger partial charge in [-0.15, -0.1) is 0 Å². The van der Waals surface area contributed by atoms with Crippen LogP contribution in [0.2, 0.25) is 0 Å². The van der Waals surface area contributed by atoms with E-state index in [1.54, 1.807) is 0 Å². The SMILES string of the molecule is CCC(C)CC(O)C1CCC(C(C)C)CC1. The highest BCUT2D eigenvalue weighted by Gasteiger charge is 2.28. The van der Waals surface area contributed by atoms with Gasteiger partial charge in [0, 0.05) is 0 Å². The van der Waals surface area contributed by atoms with E-state index in [1.807, 2.05) is 0 Å². The van der Waals surface area contributed by atoms with Crippen molar-refractivity contribution < 1.29 is 5.11 Å². The lowest BCUT2D eigenvalue weighted by molar-refractivity contribution is 0.0495. The van der Waals surface area contributed by atoms with Gasteiger partial charge in [-0.3, -0.25) is 0 Å². The number of rotatable bonds is 5. The fourth-order valence-electron chi connectivity index (χ4n) is 2.97. The minimum absolute atomic E-state index is 0.0388. The van der Waals surface area contributed by atoms with Gasteiger partial charge in [0.05, 0.1) is 6.10 Å². The first-order valence-electron chi connectivity index (χ1n) is 7.22. The third-order valence-electron chi connectivity index (χ3n) is 4.64. The van der Waals surface area contributed by atoms with Crippen LogP contribution >= 0.6 is 0 Å². The third kappa shape index (κ3) is 4.08. The summed E-state index contributed by atoms with van der Waals surface area (Å²) in [4.78, 5) is 0. The minimum Gasteiger partial charge on any atom is -0.393 e. The Balaban J connectivity index is 2.30. The molecule has 96 valence electrons. The lowest BCUT2D eigenvalue weighted by atomic mass is 9.74. The molecule has 0 spiro atoms. The normalized spacial score (nSPS) is 30.4. The van der Waals surface area contributed by atoms with Crippen LogP contribution < -0.4 is 0 Å².